The number of nitrogens with zero attached hydrogens (tertiary/aromatic N) is 3. The van der Waals surface area contributed by atoms with Crippen LogP contribution in [0.15, 0.2) is 52.4 Å². The molecule has 1 aliphatic heterocycles. The predicted octanol–water partition coefficient (Wildman–Crippen LogP) is 3.84. The van der Waals surface area contributed by atoms with Crippen LogP contribution in [0.25, 0.3) is 10.9 Å². The van der Waals surface area contributed by atoms with E-state index in [0.29, 0.717) is 18.1 Å². The van der Waals surface area contributed by atoms with E-state index in [9.17, 15) is 4.79 Å². The number of allylic oxidation sites excluding steroid dienone is 1. The Kier molecular flexibility index (Phi) is 3.34. The SMILES string of the molecule is CC1(C)CC(=O)C2=C(C1)Nc1nonc1NC2c1ccnc2ccccc12. The zero-order valence-electron chi connectivity index (χ0n) is 15.1. The van der Waals surface area contributed by atoms with Crippen LogP contribution in [0.5, 0.6) is 0 Å². The topological polar surface area (TPSA) is 92.9 Å². The monoisotopic (exact) mass is 361 g/mol. The number of aromatic nitrogens is 3. The zero-order valence-corrected chi connectivity index (χ0v) is 15.1. The minimum Gasteiger partial charge on any atom is -0.353 e. The molecule has 1 aromatic carbocycles. The first kappa shape index (κ1) is 16.0. The number of carbonyl (C=O) groups excluding carboxylic acids is 1. The molecule has 3 heterocycles. The molecule has 0 saturated heterocycles. The maximum Gasteiger partial charge on any atom is 0.219 e. The summed E-state index contributed by atoms with van der Waals surface area (Å²) in [5, 5.41) is 15.6. The highest BCUT2D eigenvalue weighted by Crippen LogP contribution is 2.45. The molecule has 2 N–H and O–H groups in total. The first-order chi connectivity index (χ1) is 13.0. The van der Waals surface area contributed by atoms with Gasteiger partial charge in [0.05, 0.1) is 11.6 Å². The molecule has 2 aromatic heterocycles. The number of para-hydroxylation sites is 1. The van der Waals surface area contributed by atoms with Crippen LogP contribution in [-0.2, 0) is 4.79 Å². The predicted molar refractivity (Wildman–Crippen MR) is 101 cm³/mol. The lowest BCUT2D eigenvalue weighted by molar-refractivity contribution is -0.118. The molecule has 0 radical (unpaired) electrons. The molecule has 1 aliphatic carbocycles. The van der Waals surface area contributed by atoms with Crippen LogP contribution in [0.1, 0.15) is 38.3 Å². The second kappa shape index (κ2) is 5.64. The molecule has 0 spiro atoms. The van der Waals surface area contributed by atoms with Gasteiger partial charge in [-0.05, 0) is 39.8 Å². The van der Waals surface area contributed by atoms with Crippen molar-refractivity contribution >= 4 is 28.3 Å². The van der Waals surface area contributed by atoms with E-state index >= 15 is 0 Å². The Morgan fingerprint density at radius 1 is 1.11 bits per heavy atom. The van der Waals surface area contributed by atoms with Gasteiger partial charge in [0.2, 0.25) is 11.6 Å². The molecule has 3 aromatic rings. The highest BCUT2D eigenvalue weighted by atomic mass is 16.6. The second-order valence-electron chi connectivity index (χ2n) is 7.91. The Hall–Kier alpha value is -3.22. The number of hydrogen-bond acceptors (Lipinski definition) is 7. The van der Waals surface area contributed by atoms with Crippen molar-refractivity contribution in [3.8, 4) is 0 Å². The molecule has 1 atom stereocenters. The van der Waals surface area contributed by atoms with E-state index in [-0.39, 0.29) is 17.2 Å². The number of pyridine rings is 1. The van der Waals surface area contributed by atoms with E-state index in [1.807, 2.05) is 30.3 Å². The Morgan fingerprint density at radius 3 is 2.81 bits per heavy atom. The molecule has 0 amide bonds. The van der Waals surface area contributed by atoms with Gasteiger partial charge in [0, 0.05) is 29.3 Å². The summed E-state index contributed by atoms with van der Waals surface area (Å²) in [5.74, 6) is 1.14. The Morgan fingerprint density at radius 2 is 1.93 bits per heavy atom. The number of benzene rings is 1. The number of ketones is 1. The van der Waals surface area contributed by atoms with E-state index in [2.05, 4.69) is 39.8 Å². The molecular weight excluding hydrogens is 342 g/mol. The summed E-state index contributed by atoms with van der Waals surface area (Å²) >= 11 is 0. The third-order valence-corrected chi connectivity index (χ3v) is 5.24. The number of fused-ring (bicyclic) bond motifs is 2. The number of nitrogens with one attached hydrogen (secondary N) is 2. The molecule has 0 fully saturated rings. The van der Waals surface area contributed by atoms with Gasteiger partial charge in [-0.15, -0.1) is 0 Å². The summed E-state index contributed by atoms with van der Waals surface area (Å²) in [6.45, 7) is 4.21. The molecule has 2 aliphatic rings. The third-order valence-electron chi connectivity index (χ3n) is 5.24. The van der Waals surface area contributed by atoms with Gasteiger partial charge < -0.3 is 10.6 Å². The van der Waals surface area contributed by atoms with Gasteiger partial charge in [0.15, 0.2) is 5.78 Å². The van der Waals surface area contributed by atoms with Gasteiger partial charge in [-0.25, -0.2) is 4.63 Å². The molecule has 1 unspecified atom stereocenters. The average Bonchev–Trinajstić information content (AvgIpc) is 2.99. The highest BCUT2D eigenvalue weighted by Gasteiger charge is 2.40. The summed E-state index contributed by atoms with van der Waals surface area (Å²) in [7, 11) is 0. The standard InChI is InChI=1S/C20H19N5O2/c1-20(2)9-14-16(15(26)10-20)17(23-19-18(22-14)24-27-25-19)12-7-8-21-13-6-4-3-5-11(12)13/h3-8,17H,9-10H2,1-2H3,(H,22,24)(H,23,25). The largest absolute Gasteiger partial charge is 0.353 e. The summed E-state index contributed by atoms with van der Waals surface area (Å²) in [5.41, 5.74) is 3.38. The van der Waals surface area contributed by atoms with Gasteiger partial charge in [-0.3, -0.25) is 9.78 Å². The average molecular weight is 361 g/mol. The number of carbonyl (C=O) groups is 1. The molecule has 5 rings (SSSR count). The number of Topliss-reactive ketones (excluding diaryl/α,β-unsaturated/α-hetero) is 1. The van der Waals surface area contributed by atoms with Crippen molar-refractivity contribution in [2.75, 3.05) is 10.6 Å². The van der Waals surface area contributed by atoms with E-state index in [0.717, 1.165) is 34.2 Å². The zero-order chi connectivity index (χ0) is 18.6. The van der Waals surface area contributed by atoms with Gasteiger partial charge >= 0.3 is 0 Å². The lowest BCUT2D eigenvalue weighted by Gasteiger charge is -2.34. The number of anilines is 2. The van der Waals surface area contributed by atoms with Crippen LogP contribution in [0, 0.1) is 5.41 Å². The second-order valence-corrected chi connectivity index (χ2v) is 7.91. The van der Waals surface area contributed by atoms with E-state index in [4.69, 9.17) is 4.63 Å². The number of hydrogen-bond donors (Lipinski definition) is 2. The van der Waals surface area contributed by atoms with Crippen molar-refractivity contribution in [2.45, 2.75) is 32.7 Å². The molecule has 7 nitrogen and oxygen atoms in total. The van der Waals surface area contributed by atoms with Crippen molar-refractivity contribution in [3.63, 3.8) is 0 Å². The van der Waals surface area contributed by atoms with Crippen LogP contribution < -0.4 is 10.6 Å². The quantitative estimate of drug-likeness (QED) is 0.680. The normalized spacial score (nSPS) is 21.1. The Labute approximate surface area is 155 Å². The molecule has 7 heteroatoms. The molecule has 136 valence electrons. The molecular formula is C20H19N5O2. The van der Waals surface area contributed by atoms with Crippen LogP contribution in [-0.4, -0.2) is 21.1 Å². The lowest BCUT2D eigenvalue weighted by Crippen LogP contribution is -2.31. The Bertz CT molecular complexity index is 1090. The third kappa shape index (κ3) is 2.58. The van der Waals surface area contributed by atoms with Gasteiger partial charge in [-0.1, -0.05) is 32.0 Å². The van der Waals surface area contributed by atoms with E-state index in [1.54, 1.807) is 6.20 Å². The fourth-order valence-corrected chi connectivity index (χ4v) is 4.10. The summed E-state index contributed by atoms with van der Waals surface area (Å²) in [4.78, 5) is 17.6. The smallest absolute Gasteiger partial charge is 0.219 e. The van der Waals surface area contributed by atoms with Crippen molar-refractivity contribution < 1.29 is 9.42 Å². The van der Waals surface area contributed by atoms with E-state index in [1.165, 1.54) is 0 Å². The van der Waals surface area contributed by atoms with Crippen molar-refractivity contribution in [2.24, 2.45) is 5.41 Å². The van der Waals surface area contributed by atoms with Gasteiger partial charge in [-0.2, -0.15) is 0 Å². The van der Waals surface area contributed by atoms with Crippen LogP contribution in [0.2, 0.25) is 0 Å². The summed E-state index contributed by atoms with van der Waals surface area (Å²) in [6.07, 6.45) is 3.03. The lowest BCUT2D eigenvalue weighted by atomic mass is 9.73. The maximum atomic E-state index is 13.2. The molecule has 27 heavy (non-hydrogen) atoms. The molecule has 0 saturated carbocycles. The Balaban J connectivity index is 1.75. The minimum atomic E-state index is -0.350. The first-order valence-corrected chi connectivity index (χ1v) is 8.98. The first-order valence-electron chi connectivity index (χ1n) is 8.98. The highest BCUT2D eigenvalue weighted by molar-refractivity contribution is 6.01. The molecule has 0 bridgehead atoms. The minimum absolute atomic E-state index is 0.116. The van der Waals surface area contributed by atoms with Crippen molar-refractivity contribution in [3.05, 3.63) is 53.4 Å². The van der Waals surface area contributed by atoms with Gasteiger partial charge in [0.1, 0.15) is 0 Å². The summed E-state index contributed by atoms with van der Waals surface area (Å²) in [6, 6.07) is 9.54. The van der Waals surface area contributed by atoms with Crippen molar-refractivity contribution in [1.29, 1.82) is 0 Å². The fraction of sp³-hybridized carbons (Fsp3) is 0.300. The number of rotatable bonds is 1. The fourth-order valence-electron chi connectivity index (χ4n) is 4.10. The van der Waals surface area contributed by atoms with Gasteiger partial charge in [0.25, 0.3) is 0 Å². The summed E-state index contributed by atoms with van der Waals surface area (Å²) < 4.78 is 4.91. The van der Waals surface area contributed by atoms with Crippen LogP contribution >= 0.6 is 0 Å². The maximum absolute atomic E-state index is 13.2. The van der Waals surface area contributed by atoms with Crippen LogP contribution in [0.4, 0.5) is 11.6 Å². The van der Waals surface area contributed by atoms with Crippen molar-refractivity contribution in [1.82, 2.24) is 15.3 Å². The van der Waals surface area contributed by atoms with E-state index < -0.39 is 0 Å². The van der Waals surface area contributed by atoms with Crippen LogP contribution in [0.3, 0.4) is 0 Å².